The topological polar surface area (TPSA) is 263 Å². The van der Waals surface area contributed by atoms with Gasteiger partial charge in [0.05, 0.1) is 13.1 Å². The van der Waals surface area contributed by atoms with Crippen LogP contribution in [0.4, 0.5) is 24.3 Å². The Morgan fingerprint density at radius 2 is 1.96 bits per heavy atom. The Morgan fingerprint density at radius 1 is 1.22 bits per heavy atom. The van der Waals surface area contributed by atoms with Crippen LogP contribution in [-0.2, 0) is 33.3 Å². The molecule has 5 heterocycles. The Hall–Kier alpha value is -5.71. The molecule has 272 valence electrons. The molecule has 0 spiro atoms. The van der Waals surface area contributed by atoms with Gasteiger partial charge in [-0.2, -0.15) is 0 Å². The number of hydrazone groups is 1. The van der Waals surface area contributed by atoms with Crippen molar-refractivity contribution in [1.29, 1.82) is 5.41 Å². The van der Waals surface area contributed by atoms with Crippen molar-refractivity contribution in [3.05, 3.63) is 34.7 Å². The van der Waals surface area contributed by atoms with Crippen LogP contribution in [-0.4, -0.2) is 133 Å². The van der Waals surface area contributed by atoms with Gasteiger partial charge >= 0.3 is 30.3 Å². The normalized spacial score (nSPS) is 20.4. The van der Waals surface area contributed by atoms with E-state index < -0.39 is 77.3 Å². The van der Waals surface area contributed by atoms with Crippen LogP contribution in [0.2, 0.25) is 0 Å². The zero-order valence-electron chi connectivity index (χ0n) is 27.4. The Morgan fingerprint density at radius 3 is 2.61 bits per heavy atom. The van der Waals surface area contributed by atoms with Gasteiger partial charge in [0.1, 0.15) is 35.6 Å². The molecule has 1 aromatic rings. The van der Waals surface area contributed by atoms with Gasteiger partial charge in [0.15, 0.2) is 11.2 Å². The number of carbonyl (C=O) groups excluding carboxylic acids is 6. The molecule has 7 amide bonds. The van der Waals surface area contributed by atoms with E-state index in [4.69, 9.17) is 24.4 Å². The van der Waals surface area contributed by atoms with Crippen LogP contribution in [0.25, 0.3) is 0 Å². The molecule has 21 nitrogen and oxygen atoms in total. The van der Waals surface area contributed by atoms with Gasteiger partial charge in [0, 0.05) is 29.7 Å². The third-order valence-corrected chi connectivity index (χ3v) is 9.02. The molecule has 51 heavy (non-hydrogen) atoms. The van der Waals surface area contributed by atoms with Crippen LogP contribution in [0.5, 0.6) is 0 Å². The predicted molar refractivity (Wildman–Crippen MR) is 175 cm³/mol. The Labute approximate surface area is 296 Å². The SMILES string of the molecule is CC(=O)OCC1=C(OC(=O)O)N2C(=O)C(N(NC(=O)N3CCN(N=C4C=CCO4)C3=O)C(=O)C(=N)c3csc(NC(=O)OC(C)(C)C)n3)[C@@H]2SC1. The number of nitrogens with one attached hydrogen (secondary N) is 3. The first-order valence-electron chi connectivity index (χ1n) is 14.9. The second kappa shape index (κ2) is 14.6. The van der Waals surface area contributed by atoms with Crippen LogP contribution in [0, 0.1) is 5.41 Å². The number of imide groups is 1. The number of thiazole rings is 1. The van der Waals surface area contributed by atoms with Crippen molar-refractivity contribution >= 4 is 81.9 Å². The summed E-state index contributed by atoms with van der Waals surface area (Å²) in [6.45, 7) is 5.77. The molecule has 4 aliphatic heterocycles. The summed E-state index contributed by atoms with van der Waals surface area (Å²) < 4.78 is 20.3. The average molecular weight is 750 g/mol. The largest absolute Gasteiger partial charge is 0.512 e. The number of hydrazine groups is 1. The van der Waals surface area contributed by atoms with Crippen LogP contribution in [0.3, 0.4) is 0 Å². The van der Waals surface area contributed by atoms with Crippen molar-refractivity contribution in [2.45, 2.75) is 44.7 Å². The Balaban J connectivity index is 1.40. The van der Waals surface area contributed by atoms with E-state index in [0.29, 0.717) is 5.01 Å². The molecular weight excluding hydrogens is 718 g/mol. The number of urea groups is 2. The van der Waals surface area contributed by atoms with Gasteiger partial charge in [-0.25, -0.2) is 44.5 Å². The summed E-state index contributed by atoms with van der Waals surface area (Å²) in [5, 5.41) is 26.2. The van der Waals surface area contributed by atoms with Gasteiger partial charge in [0.25, 0.3) is 11.8 Å². The number of aromatic nitrogens is 1. The number of esters is 1. The lowest BCUT2D eigenvalue weighted by Crippen LogP contribution is -2.74. The highest BCUT2D eigenvalue weighted by Gasteiger charge is 2.58. The zero-order chi connectivity index (χ0) is 37.2. The highest BCUT2D eigenvalue weighted by Crippen LogP contribution is 2.42. The lowest BCUT2D eigenvalue weighted by molar-refractivity contribution is -0.160. The van der Waals surface area contributed by atoms with Gasteiger partial charge in [-0.15, -0.1) is 28.2 Å². The first-order chi connectivity index (χ1) is 24.0. The van der Waals surface area contributed by atoms with E-state index in [1.165, 1.54) is 5.38 Å². The summed E-state index contributed by atoms with van der Waals surface area (Å²) in [6, 6.07) is -3.55. The van der Waals surface area contributed by atoms with Gasteiger partial charge in [-0.3, -0.25) is 30.0 Å². The minimum absolute atomic E-state index is 0.0174. The van der Waals surface area contributed by atoms with E-state index in [0.717, 1.165) is 44.8 Å². The number of carboxylic acid groups (broad SMARTS) is 1. The molecule has 2 saturated heterocycles. The summed E-state index contributed by atoms with van der Waals surface area (Å²) in [7, 11) is 0. The molecule has 1 unspecified atom stereocenters. The quantitative estimate of drug-likeness (QED) is 0.0970. The number of nitrogens with zero attached hydrogens (tertiary/aromatic N) is 6. The number of thioether (sulfide) groups is 1. The maximum absolute atomic E-state index is 13.9. The van der Waals surface area contributed by atoms with E-state index >= 15 is 0 Å². The second-order valence-corrected chi connectivity index (χ2v) is 13.7. The number of hydrogen-bond donors (Lipinski definition) is 4. The second-order valence-electron chi connectivity index (χ2n) is 11.8. The van der Waals surface area contributed by atoms with Crippen molar-refractivity contribution in [2.75, 3.05) is 37.4 Å². The van der Waals surface area contributed by atoms with Crippen LogP contribution >= 0.6 is 23.1 Å². The molecule has 0 bridgehead atoms. The summed E-state index contributed by atoms with van der Waals surface area (Å²) in [6.07, 6.45) is 0.605. The highest BCUT2D eigenvalue weighted by molar-refractivity contribution is 8.00. The smallest absolute Gasteiger partial charge is 0.472 e. The molecule has 2 atom stereocenters. The molecule has 0 aromatic carbocycles. The van der Waals surface area contributed by atoms with Crippen molar-refractivity contribution in [2.24, 2.45) is 5.10 Å². The van der Waals surface area contributed by atoms with Gasteiger partial charge < -0.3 is 24.1 Å². The molecule has 4 aliphatic rings. The molecule has 4 N–H and O–H groups in total. The number of carbonyl (C=O) groups is 7. The van der Waals surface area contributed by atoms with E-state index in [1.54, 1.807) is 32.9 Å². The Kier molecular flexibility index (Phi) is 10.5. The number of rotatable bonds is 8. The first-order valence-corrected chi connectivity index (χ1v) is 16.8. The number of ether oxygens (including phenoxy) is 4. The first kappa shape index (κ1) is 36.6. The molecule has 0 aliphatic carbocycles. The maximum atomic E-state index is 13.9. The standard InChI is InChI=1S/C28H31N9O12S2/c1-13(38)47-10-14-11-50-22-18(20(40)36(22)21(14)48-27(44)45)37(33-24(41)34-7-8-35(26(34)43)32-16-6-5-9-46-16)19(39)17(29)15-12-51-23(30-15)31-25(42)49-28(2,3)4/h5-6,12,18,22,29H,7-11H2,1-4H3,(H,33,41)(H,44,45)(H,30,31,42)/t18?,22-/m0/s1. The molecular formula is C28H31N9O12S2. The molecule has 5 rings (SSSR count). The van der Waals surface area contributed by atoms with E-state index in [1.807, 2.05) is 0 Å². The molecule has 2 fully saturated rings. The minimum Gasteiger partial charge on any atom is -0.472 e. The van der Waals surface area contributed by atoms with Gasteiger partial charge in [0.2, 0.25) is 11.8 Å². The predicted octanol–water partition coefficient (Wildman–Crippen LogP) is 1.70. The van der Waals surface area contributed by atoms with Gasteiger partial charge in [-0.1, -0.05) is 0 Å². The van der Waals surface area contributed by atoms with E-state index in [9.17, 15) is 38.7 Å². The van der Waals surface area contributed by atoms with Crippen molar-refractivity contribution in [1.82, 2.24) is 30.2 Å². The summed E-state index contributed by atoms with van der Waals surface area (Å²) in [5.74, 6) is -3.14. The summed E-state index contributed by atoms with van der Waals surface area (Å²) in [5.41, 5.74) is 0.540. The minimum atomic E-state index is -1.77. The molecule has 0 radical (unpaired) electrons. The van der Waals surface area contributed by atoms with Crippen molar-refractivity contribution < 1.29 is 57.6 Å². The summed E-state index contributed by atoms with van der Waals surface area (Å²) in [4.78, 5) is 95.1. The van der Waals surface area contributed by atoms with Crippen LogP contribution in [0.15, 0.2) is 34.1 Å². The van der Waals surface area contributed by atoms with Gasteiger partial charge in [-0.05, 0) is 26.8 Å². The number of anilines is 1. The average Bonchev–Trinajstić information content (AvgIpc) is 3.80. The van der Waals surface area contributed by atoms with Crippen LogP contribution < -0.4 is 10.7 Å². The van der Waals surface area contributed by atoms with E-state index in [2.05, 4.69) is 20.8 Å². The number of hydrogen-bond acceptors (Lipinski definition) is 16. The molecule has 1 aromatic heterocycles. The maximum Gasteiger partial charge on any atom is 0.512 e. The number of fused-ring (bicyclic) bond motifs is 1. The van der Waals surface area contributed by atoms with Crippen molar-refractivity contribution in [3.63, 3.8) is 0 Å². The van der Waals surface area contributed by atoms with Crippen molar-refractivity contribution in [3.8, 4) is 0 Å². The fourth-order valence-corrected chi connectivity index (χ4v) is 6.81. The summed E-state index contributed by atoms with van der Waals surface area (Å²) >= 11 is 1.90. The molecule has 23 heteroatoms. The number of β-lactam (4-membered cyclic amide) rings is 1. The number of amides is 7. The molecule has 0 saturated carbocycles. The third-order valence-electron chi connectivity index (χ3n) is 6.93. The van der Waals surface area contributed by atoms with E-state index in [-0.39, 0.29) is 47.7 Å². The third kappa shape index (κ3) is 8.20. The van der Waals surface area contributed by atoms with Crippen LogP contribution in [0.1, 0.15) is 33.4 Å². The fourth-order valence-electron chi connectivity index (χ4n) is 4.78. The monoisotopic (exact) mass is 749 g/mol. The highest BCUT2D eigenvalue weighted by atomic mass is 32.2. The lowest BCUT2D eigenvalue weighted by atomic mass is 10.0. The zero-order valence-corrected chi connectivity index (χ0v) is 29.0. The Bertz CT molecular complexity index is 1780. The fraction of sp³-hybridized carbons (Fsp3) is 0.429. The lowest BCUT2D eigenvalue weighted by Gasteiger charge is -2.51.